The second-order valence-corrected chi connectivity index (χ2v) is 4.45. The van der Waals surface area contributed by atoms with E-state index in [0.29, 0.717) is 16.3 Å². The molecule has 0 aliphatic heterocycles. The molecule has 0 amide bonds. The van der Waals surface area contributed by atoms with Gasteiger partial charge in [-0.25, -0.2) is 8.78 Å². The van der Waals surface area contributed by atoms with Crippen LogP contribution in [0.25, 0.3) is 0 Å². The summed E-state index contributed by atoms with van der Waals surface area (Å²) in [6.07, 6.45) is -0.243. The lowest BCUT2D eigenvalue weighted by Gasteiger charge is -2.18. The molecule has 2 nitrogen and oxygen atoms in total. The fourth-order valence-electron chi connectivity index (χ4n) is 2.01. The van der Waals surface area contributed by atoms with Crippen molar-refractivity contribution in [1.82, 2.24) is 0 Å². The number of ether oxygens (including phenoxy) is 1. The highest BCUT2D eigenvalue weighted by Gasteiger charge is 2.71. The van der Waals surface area contributed by atoms with Crippen molar-refractivity contribution in [2.24, 2.45) is 5.73 Å². The zero-order valence-electron chi connectivity index (χ0n) is 8.77. The lowest BCUT2D eigenvalue weighted by atomic mass is 9.94. The maximum absolute atomic E-state index is 13.4. The summed E-state index contributed by atoms with van der Waals surface area (Å²) >= 11 is 5.82. The summed E-state index contributed by atoms with van der Waals surface area (Å²) < 4.78 is 31.9. The van der Waals surface area contributed by atoms with Crippen LogP contribution >= 0.6 is 11.6 Å². The Kier molecular flexibility index (Phi) is 2.59. The summed E-state index contributed by atoms with van der Waals surface area (Å²) in [7, 11) is 1.44. The summed E-state index contributed by atoms with van der Waals surface area (Å²) in [5.74, 6) is -2.35. The van der Waals surface area contributed by atoms with Gasteiger partial charge in [0.1, 0.15) is 5.75 Å². The van der Waals surface area contributed by atoms with E-state index in [9.17, 15) is 8.78 Å². The van der Waals surface area contributed by atoms with E-state index in [-0.39, 0.29) is 13.0 Å². The van der Waals surface area contributed by atoms with Crippen molar-refractivity contribution < 1.29 is 13.5 Å². The first-order valence-corrected chi connectivity index (χ1v) is 5.26. The van der Waals surface area contributed by atoms with Gasteiger partial charge in [0.15, 0.2) is 0 Å². The van der Waals surface area contributed by atoms with Gasteiger partial charge >= 0.3 is 0 Å². The van der Waals surface area contributed by atoms with E-state index < -0.39 is 11.3 Å². The maximum atomic E-state index is 13.4. The minimum absolute atomic E-state index is 0.114. The third-order valence-corrected chi connectivity index (χ3v) is 3.36. The quantitative estimate of drug-likeness (QED) is 0.891. The maximum Gasteiger partial charge on any atom is 0.260 e. The molecule has 2 rings (SSSR count). The molecule has 0 aromatic heterocycles. The van der Waals surface area contributed by atoms with Crippen molar-refractivity contribution in [2.75, 3.05) is 13.7 Å². The van der Waals surface area contributed by atoms with Crippen LogP contribution in [0.4, 0.5) is 8.78 Å². The molecule has 0 saturated heterocycles. The molecule has 0 spiro atoms. The van der Waals surface area contributed by atoms with Crippen LogP contribution in [-0.4, -0.2) is 19.6 Å². The van der Waals surface area contributed by atoms with Crippen molar-refractivity contribution in [2.45, 2.75) is 17.8 Å². The Bertz CT molecular complexity index is 424. The molecule has 1 aromatic carbocycles. The van der Waals surface area contributed by atoms with E-state index in [0.717, 1.165) is 0 Å². The van der Waals surface area contributed by atoms with Crippen LogP contribution in [0.1, 0.15) is 12.0 Å². The van der Waals surface area contributed by atoms with Crippen molar-refractivity contribution >= 4 is 11.6 Å². The van der Waals surface area contributed by atoms with E-state index >= 15 is 0 Å². The first kappa shape index (κ1) is 11.6. The van der Waals surface area contributed by atoms with E-state index in [2.05, 4.69) is 0 Å². The Balaban J connectivity index is 2.51. The number of nitrogens with two attached hydrogens (primary N) is 1. The molecule has 1 fully saturated rings. The zero-order valence-corrected chi connectivity index (χ0v) is 9.52. The first-order valence-electron chi connectivity index (χ1n) is 4.89. The van der Waals surface area contributed by atoms with Gasteiger partial charge in [-0.1, -0.05) is 11.6 Å². The standard InChI is InChI=1S/C11H12ClF2NO/c1-16-9-3-2-7(12)4-8(9)10(6-15)5-11(10,13)14/h2-4H,5-6,15H2,1H3. The number of alkyl halides is 2. The molecule has 1 unspecified atom stereocenters. The highest BCUT2D eigenvalue weighted by molar-refractivity contribution is 6.30. The number of halogens is 3. The largest absolute Gasteiger partial charge is 0.496 e. The molecule has 1 aromatic rings. The molecule has 1 aliphatic rings. The minimum Gasteiger partial charge on any atom is -0.496 e. The van der Waals surface area contributed by atoms with E-state index in [1.54, 1.807) is 12.1 Å². The van der Waals surface area contributed by atoms with Gasteiger partial charge < -0.3 is 10.5 Å². The Morgan fingerprint density at radius 3 is 2.56 bits per heavy atom. The molecule has 1 aliphatic carbocycles. The summed E-state index contributed by atoms with van der Waals surface area (Å²) in [6, 6.07) is 4.70. The highest BCUT2D eigenvalue weighted by atomic mass is 35.5. The number of hydrogen-bond acceptors (Lipinski definition) is 2. The molecular weight excluding hydrogens is 236 g/mol. The van der Waals surface area contributed by atoms with E-state index in [1.807, 2.05) is 0 Å². The SMILES string of the molecule is COc1ccc(Cl)cc1C1(CN)CC1(F)F. The Morgan fingerprint density at radius 2 is 2.12 bits per heavy atom. The smallest absolute Gasteiger partial charge is 0.260 e. The Labute approximate surface area is 97.3 Å². The van der Waals surface area contributed by atoms with Gasteiger partial charge in [0.25, 0.3) is 5.92 Å². The van der Waals surface area contributed by atoms with Crippen LogP contribution in [0, 0.1) is 0 Å². The minimum atomic E-state index is -2.76. The van der Waals surface area contributed by atoms with Gasteiger partial charge in [0.2, 0.25) is 0 Å². The van der Waals surface area contributed by atoms with Gasteiger partial charge in [0.05, 0.1) is 12.5 Å². The molecule has 5 heteroatoms. The van der Waals surface area contributed by atoms with E-state index in [4.69, 9.17) is 22.1 Å². The lowest BCUT2D eigenvalue weighted by Crippen LogP contribution is -2.27. The molecule has 1 saturated carbocycles. The Morgan fingerprint density at radius 1 is 1.50 bits per heavy atom. The average Bonchev–Trinajstić information content (AvgIpc) is 2.82. The molecule has 88 valence electrons. The Hall–Kier alpha value is -0.870. The second-order valence-electron chi connectivity index (χ2n) is 4.01. The lowest BCUT2D eigenvalue weighted by molar-refractivity contribution is 0.0889. The van der Waals surface area contributed by atoms with Gasteiger partial charge in [-0.05, 0) is 18.2 Å². The third kappa shape index (κ3) is 1.48. The van der Waals surface area contributed by atoms with Crippen LogP contribution in [-0.2, 0) is 5.41 Å². The van der Waals surface area contributed by atoms with Crippen LogP contribution < -0.4 is 10.5 Å². The predicted octanol–water partition coefficient (Wildman–Crippen LogP) is 2.58. The first-order chi connectivity index (χ1) is 7.47. The number of rotatable bonds is 3. The fourth-order valence-corrected chi connectivity index (χ4v) is 2.18. The van der Waals surface area contributed by atoms with E-state index in [1.165, 1.54) is 13.2 Å². The predicted molar refractivity (Wildman–Crippen MR) is 58.3 cm³/mol. The van der Waals surface area contributed by atoms with Crippen LogP contribution in [0.2, 0.25) is 5.02 Å². The fraction of sp³-hybridized carbons (Fsp3) is 0.455. The van der Waals surface area contributed by atoms with Crippen molar-refractivity contribution in [1.29, 1.82) is 0 Å². The van der Waals surface area contributed by atoms with Crippen molar-refractivity contribution in [3.8, 4) is 5.75 Å². The molecule has 1 atom stereocenters. The molecule has 0 heterocycles. The van der Waals surface area contributed by atoms with Gasteiger partial charge in [-0.15, -0.1) is 0 Å². The average molecular weight is 248 g/mol. The third-order valence-electron chi connectivity index (χ3n) is 3.12. The summed E-state index contributed by atoms with van der Waals surface area (Å²) in [6.45, 7) is -0.114. The van der Waals surface area contributed by atoms with Gasteiger partial charge in [0, 0.05) is 23.6 Å². The number of methoxy groups -OCH3 is 1. The molecule has 0 radical (unpaired) electrons. The monoisotopic (exact) mass is 247 g/mol. The molecule has 2 N–H and O–H groups in total. The zero-order chi connectivity index (χ0) is 12.0. The van der Waals surface area contributed by atoms with Crippen LogP contribution in [0.3, 0.4) is 0 Å². The summed E-state index contributed by atoms with van der Waals surface area (Å²) in [5.41, 5.74) is 4.57. The summed E-state index contributed by atoms with van der Waals surface area (Å²) in [5, 5.41) is 0.409. The number of benzene rings is 1. The normalized spacial score (nSPS) is 26.6. The number of hydrogen-bond donors (Lipinski definition) is 1. The topological polar surface area (TPSA) is 35.2 Å². The molecule has 16 heavy (non-hydrogen) atoms. The van der Waals surface area contributed by atoms with Gasteiger partial charge in [-0.2, -0.15) is 0 Å². The van der Waals surface area contributed by atoms with Gasteiger partial charge in [-0.3, -0.25) is 0 Å². The summed E-state index contributed by atoms with van der Waals surface area (Å²) in [4.78, 5) is 0. The van der Waals surface area contributed by atoms with Crippen molar-refractivity contribution in [3.05, 3.63) is 28.8 Å². The van der Waals surface area contributed by atoms with Crippen molar-refractivity contribution in [3.63, 3.8) is 0 Å². The molecular formula is C11H12ClF2NO. The molecule has 0 bridgehead atoms. The second kappa shape index (κ2) is 3.57. The highest BCUT2D eigenvalue weighted by Crippen LogP contribution is 2.62. The van der Waals surface area contributed by atoms with Crippen LogP contribution in [0.5, 0.6) is 5.75 Å². The van der Waals surface area contributed by atoms with Crippen LogP contribution in [0.15, 0.2) is 18.2 Å².